The number of unbranched alkanes of at least 4 members (excludes halogenated alkanes) is 4. The van der Waals surface area contributed by atoms with Crippen molar-refractivity contribution in [2.75, 3.05) is 39.9 Å². The Morgan fingerprint density at radius 3 is 2.65 bits per heavy atom. The van der Waals surface area contributed by atoms with Crippen LogP contribution in [-0.4, -0.2) is 65.5 Å². The zero-order valence-electron chi connectivity index (χ0n) is 19.1. The molecule has 1 atom stereocenters. The molecule has 0 radical (unpaired) electrons. The fourth-order valence-corrected chi connectivity index (χ4v) is 4.54. The number of hydrogen-bond donors (Lipinski definition) is 3. The Morgan fingerprint density at radius 2 is 1.94 bits per heavy atom. The van der Waals surface area contributed by atoms with Crippen molar-refractivity contribution < 1.29 is 14.9 Å². The minimum atomic E-state index is -0.592. The smallest absolute Gasteiger partial charge is 0.119 e. The van der Waals surface area contributed by atoms with Crippen LogP contribution in [0.25, 0.3) is 10.9 Å². The van der Waals surface area contributed by atoms with Gasteiger partial charge in [-0.3, -0.25) is 4.98 Å². The average molecular weight is 430 g/mol. The molecule has 1 saturated heterocycles. The number of aliphatic hydroxyl groups is 2. The summed E-state index contributed by atoms with van der Waals surface area (Å²) in [5, 5.41) is 25.6. The van der Waals surface area contributed by atoms with Gasteiger partial charge in [0.15, 0.2) is 0 Å². The number of β-amino-alcohol motifs (C(OH)–C–C–N with tert-alkyl or cyclic N) is 1. The van der Waals surface area contributed by atoms with E-state index in [0.29, 0.717) is 6.54 Å². The van der Waals surface area contributed by atoms with Crippen LogP contribution < -0.4 is 10.1 Å². The van der Waals surface area contributed by atoms with Crippen LogP contribution in [0.2, 0.25) is 0 Å². The molecule has 0 spiro atoms. The third-order valence-corrected chi connectivity index (χ3v) is 6.67. The van der Waals surface area contributed by atoms with E-state index in [0.717, 1.165) is 54.7 Å². The van der Waals surface area contributed by atoms with Gasteiger partial charge in [0.1, 0.15) is 5.75 Å². The van der Waals surface area contributed by atoms with Gasteiger partial charge in [-0.05, 0) is 55.6 Å². The second-order valence-corrected chi connectivity index (χ2v) is 8.88. The van der Waals surface area contributed by atoms with Gasteiger partial charge in [0.05, 0.1) is 25.3 Å². The standard InChI is InChI=1S/C25H39N3O3/c1-3-4-5-6-7-13-27-25(19-29)11-15-28(16-12-25)18-24(30)21-10-14-26-23-9-8-20(31-2)17-22(21)23/h8-10,14,17,24,27,29-30H,3-7,11-13,15-16,18-19H2,1-2H3. The Balaban J connectivity index is 1.54. The number of hydrogen-bond acceptors (Lipinski definition) is 6. The second-order valence-electron chi connectivity index (χ2n) is 8.88. The van der Waals surface area contributed by atoms with Gasteiger partial charge < -0.3 is 25.2 Å². The van der Waals surface area contributed by atoms with Crippen molar-refractivity contribution in [1.29, 1.82) is 0 Å². The Labute approximate surface area is 186 Å². The largest absolute Gasteiger partial charge is 0.497 e. The predicted molar refractivity (Wildman–Crippen MR) is 126 cm³/mol. The molecule has 2 heterocycles. The van der Waals surface area contributed by atoms with Crippen LogP contribution in [0.3, 0.4) is 0 Å². The van der Waals surface area contributed by atoms with Crippen molar-refractivity contribution in [2.45, 2.75) is 63.5 Å². The van der Waals surface area contributed by atoms with Gasteiger partial charge in [0, 0.05) is 36.8 Å². The van der Waals surface area contributed by atoms with Crippen LogP contribution in [0, 0.1) is 0 Å². The molecule has 172 valence electrons. The summed E-state index contributed by atoms with van der Waals surface area (Å²) in [4.78, 5) is 6.71. The first-order chi connectivity index (χ1) is 15.1. The fourth-order valence-electron chi connectivity index (χ4n) is 4.54. The van der Waals surface area contributed by atoms with E-state index in [4.69, 9.17) is 4.74 Å². The molecule has 31 heavy (non-hydrogen) atoms. The molecule has 0 bridgehead atoms. The lowest BCUT2D eigenvalue weighted by atomic mass is 9.87. The monoisotopic (exact) mass is 429 g/mol. The topological polar surface area (TPSA) is 77.9 Å². The van der Waals surface area contributed by atoms with E-state index in [1.54, 1.807) is 13.3 Å². The minimum Gasteiger partial charge on any atom is -0.497 e. The summed E-state index contributed by atoms with van der Waals surface area (Å²) >= 11 is 0. The summed E-state index contributed by atoms with van der Waals surface area (Å²) in [5.74, 6) is 0.764. The van der Waals surface area contributed by atoms with E-state index in [2.05, 4.69) is 22.1 Å². The highest BCUT2D eigenvalue weighted by Gasteiger charge is 2.34. The number of rotatable bonds is 12. The van der Waals surface area contributed by atoms with Crippen LogP contribution in [0.4, 0.5) is 0 Å². The number of aliphatic hydroxyl groups excluding tert-OH is 2. The van der Waals surface area contributed by atoms with E-state index in [1.807, 2.05) is 24.3 Å². The van der Waals surface area contributed by atoms with E-state index < -0.39 is 6.10 Å². The van der Waals surface area contributed by atoms with Gasteiger partial charge in [-0.2, -0.15) is 0 Å². The lowest BCUT2D eigenvalue weighted by molar-refractivity contribution is 0.0494. The first-order valence-corrected chi connectivity index (χ1v) is 11.8. The van der Waals surface area contributed by atoms with Crippen molar-refractivity contribution in [2.24, 2.45) is 0 Å². The Bertz CT molecular complexity index is 806. The van der Waals surface area contributed by atoms with Crippen LogP contribution in [0.1, 0.15) is 63.5 Å². The van der Waals surface area contributed by atoms with Crippen molar-refractivity contribution in [3.05, 3.63) is 36.0 Å². The first kappa shape index (κ1) is 23.9. The number of nitrogens with zero attached hydrogens (tertiary/aromatic N) is 2. The summed E-state index contributed by atoms with van der Waals surface area (Å²) < 4.78 is 5.35. The fraction of sp³-hybridized carbons (Fsp3) is 0.640. The van der Waals surface area contributed by atoms with Gasteiger partial charge >= 0.3 is 0 Å². The maximum Gasteiger partial charge on any atom is 0.119 e. The maximum absolute atomic E-state index is 11.0. The highest BCUT2D eigenvalue weighted by molar-refractivity contribution is 5.83. The summed E-state index contributed by atoms with van der Waals surface area (Å²) in [6.45, 7) is 5.69. The molecule has 0 amide bonds. The summed E-state index contributed by atoms with van der Waals surface area (Å²) in [5.41, 5.74) is 1.56. The highest BCUT2D eigenvalue weighted by Crippen LogP contribution is 2.29. The summed E-state index contributed by atoms with van der Waals surface area (Å²) in [7, 11) is 1.65. The molecule has 1 aliphatic heterocycles. The number of pyridine rings is 1. The van der Waals surface area contributed by atoms with Crippen molar-refractivity contribution in [3.8, 4) is 5.75 Å². The van der Waals surface area contributed by atoms with E-state index in [9.17, 15) is 10.2 Å². The average Bonchev–Trinajstić information content (AvgIpc) is 2.81. The number of nitrogens with one attached hydrogen (secondary N) is 1. The van der Waals surface area contributed by atoms with Gasteiger partial charge in [-0.15, -0.1) is 0 Å². The molecular formula is C25H39N3O3. The third-order valence-electron chi connectivity index (χ3n) is 6.67. The number of ether oxygens (including phenoxy) is 1. The van der Waals surface area contributed by atoms with Crippen molar-refractivity contribution in [1.82, 2.24) is 15.2 Å². The lowest BCUT2D eigenvalue weighted by Crippen LogP contribution is -2.56. The Morgan fingerprint density at radius 1 is 1.16 bits per heavy atom. The quantitative estimate of drug-likeness (QED) is 0.447. The van der Waals surface area contributed by atoms with Crippen LogP contribution in [-0.2, 0) is 0 Å². The van der Waals surface area contributed by atoms with Gasteiger partial charge in [0.2, 0.25) is 0 Å². The predicted octanol–water partition coefficient (Wildman–Crippen LogP) is 3.66. The Kier molecular flexibility index (Phi) is 9.08. The van der Waals surface area contributed by atoms with Gasteiger partial charge in [-0.1, -0.05) is 32.6 Å². The number of piperidine rings is 1. The lowest BCUT2D eigenvalue weighted by Gasteiger charge is -2.42. The van der Waals surface area contributed by atoms with E-state index in [-0.39, 0.29) is 12.1 Å². The van der Waals surface area contributed by atoms with Gasteiger partial charge in [-0.25, -0.2) is 0 Å². The third kappa shape index (κ3) is 6.39. The van der Waals surface area contributed by atoms with Gasteiger partial charge in [0.25, 0.3) is 0 Å². The van der Waals surface area contributed by atoms with Crippen LogP contribution in [0.15, 0.2) is 30.5 Å². The molecule has 3 rings (SSSR count). The minimum absolute atomic E-state index is 0.174. The second kappa shape index (κ2) is 11.8. The molecule has 1 aromatic carbocycles. The number of fused-ring (bicyclic) bond motifs is 1. The number of aromatic nitrogens is 1. The molecule has 3 N–H and O–H groups in total. The number of methoxy groups -OCH3 is 1. The van der Waals surface area contributed by atoms with Crippen LogP contribution in [0.5, 0.6) is 5.75 Å². The summed E-state index contributed by atoms with van der Waals surface area (Å²) in [6, 6.07) is 7.66. The van der Waals surface area contributed by atoms with Crippen molar-refractivity contribution in [3.63, 3.8) is 0 Å². The molecule has 1 aromatic heterocycles. The zero-order valence-corrected chi connectivity index (χ0v) is 19.1. The van der Waals surface area contributed by atoms with E-state index >= 15 is 0 Å². The molecule has 1 fully saturated rings. The first-order valence-electron chi connectivity index (χ1n) is 11.8. The molecule has 0 saturated carbocycles. The zero-order chi connectivity index (χ0) is 22.1. The summed E-state index contributed by atoms with van der Waals surface area (Å²) in [6.07, 6.45) is 9.25. The SMILES string of the molecule is CCCCCCCNC1(CO)CCN(CC(O)c2ccnc3ccc(OC)cc23)CC1. The molecule has 6 nitrogen and oxygen atoms in total. The number of likely N-dealkylation sites (tertiary alicyclic amines) is 1. The molecule has 6 heteroatoms. The Hall–Kier alpha value is -1.73. The molecular weight excluding hydrogens is 390 g/mol. The molecule has 2 aromatic rings. The highest BCUT2D eigenvalue weighted by atomic mass is 16.5. The maximum atomic E-state index is 11.0. The van der Waals surface area contributed by atoms with Crippen molar-refractivity contribution >= 4 is 10.9 Å². The van der Waals surface area contributed by atoms with Crippen LogP contribution >= 0.6 is 0 Å². The molecule has 1 unspecified atom stereocenters. The normalized spacial score (nSPS) is 17.7. The van der Waals surface area contributed by atoms with E-state index in [1.165, 1.54) is 32.1 Å². The molecule has 0 aliphatic carbocycles. The number of benzene rings is 1. The molecule has 1 aliphatic rings.